The Morgan fingerprint density at radius 2 is 0.804 bits per heavy atom. The molecule has 0 aromatic carbocycles. The summed E-state index contributed by atoms with van der Waals surface area (Å²) < 4.78 is 43.9. The summed E-state index contributed by atoms with van der Waals surface area (Å²) in [5, 5.41) is 185. The molecule has 18 N–H and O–H groups in total. The van der Waals surface area contributed by atoms with Gasteiger partial charge in [0.2, 0.25) is 0 Å². The summed E-state index contributed by atoms with van der Waals surface area (Å²) in [7, 11) is 0. The van der Waals surface area contributed by atoms with E-state index in [2.05, 4.69) is 0 Å². The highest BCUT2D eigenvalue weighted by Gasteiger charge is 2.55. The van der Waals surface area contributed by atoms with Crippen molar-refractivity contribution in [3.63, 3.8) is 0 Å². The van der Waals surface area contributed by atoms with E-state index < -0.39 is 187 Å². The molecule has 0 aromatic heterocycles. The third-order valence-electron chi connectivity index (χ3n) is 9.94. The fourth-order valence-corrected chi connectivity index (χ4v) is 6.51. The third-order valence-corrected chi connectivity index (χ3v) is 9.94. The zero-order chi connectivity index (χ0) is 41.8. The van der Waals surface area contributed by atoms with Crippen molar-refractivity contribution in [1.29, 1.82) is 0 Å². The number of aliphatic hydroxyl groups is 18. The molecule has 4 aliphatic rings. The molecular weight excluding hydrogens is 776 g/mol. The molecular formula is C30H54O26. The van der Waals surface area contributed by atoms with Gasteiger partial charge in [-0.3, -0.25) is 0 Å². The summed E-state index contributed by atoms with van der Waals surface area (Å²) in [6.45, 7) is -5.76. The first-order valence-electron chi connectivity index (χ1n) is 17.5. The van der Waals surface area contributed by atoms with Crippen LogP contribution in [0.15, 0.2) is 0 Å². The molecule has 0 radical (unpaired) electrons. The van der Waals surface area contributed by atoms with E-state index in [0.29, 0.717) is 0 Å². The molecule has 56 heavy (non-hydrogen) atoms. The lowest BCUT2D eigenvalue weighted by molar-refractivity contribution is -0.387. The predicted octanol–water partition coefficient (Wildman–Crippen LogP) is -12.3. The van der Waals surface area contributed by atoms with Gasteiger partial charge in [0, 0.05) is 0 Å². The van der Waals surface area contributed by atoms with Crippen LogP contribution in [0.1, 0.15) is 0 Å². The van der Waals surface area contributed by atoms with Gasteiger partial charge in [0.25, 0.3) is 0 Å². The highest BCUT2D eigenvalue weighted by atomic mass is 16.8. The van der Waals surface area contributed by atoms with Crippen LogP contribution in [0, 0.1) is 0 Å². The lowest BCUT2D eigenvalue weighted by atomic mass is 9.95. The predicted molar refractivity (Wildman–Crippen MR) is 169 cm³/mol. The second-order valence-corrected chi connectivity index (χ2v) is 13.8. The summed E-state index contributed by atoms with van der Waals surface area (Å²) >= 11 is 0. The lowest BCUT2D eigenvalue weighted by Crippen LogP contribution is -2.67. The largest absolute Gasteiger partial charge is 0.394 e. The normalized spacial score (nSPS) is 47.2. The van der Waals surface area contributed by atoms with Gasteiger partial charge >= 0.3 is 0 Å². The van der Waals surface area contributed by atoms with Crippen molar-refractivity contribution in [3.05, 3.63) is 0 Å². The number of hydrogen-bond donors (Lipinski definition) is 18. The van der Waals surface area contributed by atoms with Crippen molar-refractivity contribution >= 4 is 0 Å². The second-order valence-electron chi connectivity index (χ2n) is 13.8. The van der Waals surface area contributed by atoms with Crippen LogP contribution in [-0.4, -0.2) is 279 Å². The Bertz CT molecular complexity index is 1160. The fourth-order valence-electron chi connectivity index (χ4n) is 6.51. The van der Waals surface area contributed by atoms with Gasteiger partial charge < -0.3 is 130 Å². The van der Waals surface area contributed by atoms with Gasteiger partial charge in [-0.1, -0.05) is 0 Å². The molecule has 330 valence electrons. The van der Waals surface area contributed by atoms with Crippen molar-refractivity contribution in [2.75, 3.05) is 39.6 Å². The van der Waals surface area contributed by atoms with Crippen molar-refractivity contribution in [2.45, 2.75) is 147 Å². The molecule has 0 spiro atoms. The monoisotopic (exact) mass is 830 g/mol. The molecule has 0 aliphatic carbocycles. The summed E-state index contributed by atoms with van der Waals surface area (Å²) in [5.74, 6) is 0. The van der Waals surface area contributed by atoms with E-state index >= 15 is 0 Å². The standard InChI is InChI=1S/C30H54O26/c31-1-7(36)13(38)24(8(37)2-32)54-30-23(48)26(17(42)12(53-30)6-49-27-20(45)18(43)14(39)9(3-33)50-27)56-29-22(47)25(16(41)11(5-35)52-29)55-28-21(46)19(44)15(40)10(4-34)51-28/h7-48H,1-6H2/t7-,8+,9-,10-,11-,12-,13-,14-,15-,16-,17-,18+,19+,20-,21-,22-,23-,24-,25+,26+,27-,28+,29+,30+/m1/s1. The van der Waals surface area contributed by atoms with Crippen molar-refractivity contribution in [1.82, 2.24) is 0 Å². The van der Waals surface area contributed by atoms with Gasteiger partial charge in [0.05, 0.1) is 39.6 Å². The molecule has 4 fully saturated rings. The number of hydrogen-bond acceptors (Lipinski definition) is 26. The zero-order valence-electron chi connectivity index (χ0n) is 29.4. The van der Waals surface area contributed by atoms with Gasteiger partial charge in [-0.2, -0.15) is 0 Å². The third kappa shape index (κ3) is 10.3. The smallest absolute Gasteiger partial charge is 0.187 e. The molecule has 0 unspecified atom stereocenters. The molecule has 26 heteroatoms. The molecule has 24 atom stereocenters. The minimum Gasteiger partial charge on any atom is -0.394 e. The Morgan fingerprint density at radius 3 is 1.29 bits per heavy atom. The van der Waals surface area contributed by atoms with Gasteiger partial charge in [-0.15, -0.1) is 0 Å². The maximum atomic E-state index is 11.4. The topological polar surface area (TPSA) is 438 Å². The minimum absolute atomic E-state index is 0.837. The van der Waals surface area contributed by atoms with E-state index in [1.54, 1.807) is 0 Å². The van der Waals surface area contributed by atoms with Crippen LogP contribution in [0.25, 0.3) is 0 Å². The first-order valence-corrected chi connectivity index (χ1v) is 17.5. The maximum absolute atomic E-state index is 11.4. The molecule has 4 heterocycles. The minimum atomic E-state index is -2.25. The van der Waals surface area contributed by atoms with Gasteiger partial charge in [-0.05, 0) is 0 Å². The maximum Gasteiger partial charge on any atom is 0.187 e. The molecule has 4 aliphatic heterocycles. The van der Waals surface area contributed by atoms with Crippen LogP contribution in [0.3, 0.4) is 0 Å². The van der Waals surface area contributed by atoms with Gasteiger partial charge in [-0.25, -0.2) is 0 Å². The number of ether oxygens (including phenoxy) is 8. The van der Waals surface area contributed by atoms with Crippen LogP contribution in [0.4, 0.5) is 0 Å². The Hall–Kier alpha value is -1.04. The van der Waals surface area contributed by atoms with E-state index in [4.69, 9.17) is 37.9 Å². The molecule has 4 saturated heterocycles. The summed E-state index contributed by atoms with van der Waals surface area (Å²) in [4.78, 5) is 0. The summed E-state index contributed by atoms with van der Waals surface area (Å²) in [6, 6.07) is 0. The van der Waals surface area contributed by atoms with E-state index in [9.17, 15) is 91.9 Å². The van der Waals surface area contributed by atoms with Crippen LogP contribution in [-0.2, 0) is 37.9 Å². The Morgan fingerprint density at radius 1 is 0.411 bits per heavy atom. The quantitative estimate of drug-likeness (QED) is 0.0647. The first kappa shape index (κ1) is 47.6. The fraction of sp³-hybridized carbons (Fsp3) is 1.00. The highest BCUT2D eigenvalue weighted by molar-refractivity contribution is 4.98. The Labute approximate surface area is 317 Å². The summed E-state index contributed by atoms with van der Waals surface area (Å²) in [6.07, 6.45) is -46.5. The van der Waals surface area contributed by atoms with E-state index in [-0.39, 0.29) is 0 Å². The van der Waals surface area contributed by atoms with Gasteiger partial charge in [0.1, 0.15) is 122 Å². The van der Waals surface area contributed by atoms with Crippen molar-refractivity contribution < 1.29 is 130 Å². The zero-order valence-corrected chi connectivity index (χ0v) is 29.4. The molecule has 0 aromatic rings. The van der Waals surface area contributed by atoms with Crippen LogP contribution in [0.2, 0.25) is 0 Å². The molecule has 0 amide bonds. The Kier molecular flexibility index (Phi) is 17.8. The molecule has 0 bridgehead atoms. The second kappa shape index (κ2) is 21.0. The van der Waals surface area contributed by atoms with Crippen molar-refractivity contribution in [3.8, 4) is 0 Å². The molecule has 4 rings (SSSR count). The van der Waals surface area contributed by atoms with Crippen LogP contribution >= 0.6 is 0 Å². The first-order chi connectivity index (χ1) is 26.4. The molecule has 26 nitrogen and oxygen atoms in total. The van der Waals surface area contributed by atoms with Crippen LogP contribution in [0.5, 0.6) is 0 Å². The van der Waals surface area contributed by atoms with E-state index in [1.165, 1.54) is 0 Å². The van der Waals surface area contributed by atoms with Crippen molar-refractivity contribution in [2.24, 2.45) is 0 Å². The SMILES string of the molecule is OC[C@@H](O)[C@@H](O)[C@H](O[C@@H]1O[C@H](CO[C@@H]2O[C@H](CO)[C@@H](O)[C@H](O)[C@H]2O)[C@@H](O)[C@H](O[C@@H]2O[C@H](CO)[C@@H](O)[C@H](O[C@@H]3O[C@H](CO)[C@@H](O)[C@H](O)[C@H]3O)[C@H]2O)[C@H]1O)[C@@H](O)CO. The average molecular weight is 831 g/mol. The Balaban J connectivity index is 1.62. The van der Waals surface area contributed by atoms with E-state index in [0.717, 1.165) is 0 Å². The lowest BCUT2D eigenvalue weighted by Gasteiger charge is -2.49. The number of aliphatic hydroxyl groups excluding tert-OH is 18. The number of rotatable bonds is 17. The molecule has 0 saturated carbocycles. The summed E-state index contributed by atoms with van der Waals surface area (Å²) in [5.41, 5.74) is 0. The van der Waals surface area contributed by atoms with Crippen LogP contribution < -0.4 is 0 Å². The van der Waals surface area contributed by atoms with Gasteiger partial charge in [0.15, 0.2) is 25.2 Å². The average Bonchev–Trinajstić information content (AvgIpc) is 3.19. The van der Waals surface area contributed by atoms with E-state index in [1.807, 2.05) is 0 Å². The highest BCUT2D eigenvalue weighted by Crippen LogP contribution is 2.34.